The van der Waals surface area contributed by atoms with Crippen molar-refractivity contribution in [1.82, 2.24) is 10.6 Å². The minimum Gasteiger partial charge on any atom is -0.356 e. The van der Waals surface area contributed by atoms with Crippen LogP contribution in [0.3, 0.4) is 0 Å². The summed E-state index contributed by atoms with van der Waals surface area (Å²) in [5, 5.41) is 6.46. The molecule has 1 fully saturated rings. The number of rotatable bonds is 5. The molecule has 0 atom stereocenters. The van der Waals surface area contributed by atoms with Gasteiger partial charge in [0.05, 0.1) is 0 Å². The largest absolute Gasteiger partial charge is 0.356 e. The van der Waals surface area contributed by atoms with Crippen LogP contribution in [0.15, 0.2) is 28.7 Å². The first-order valence-electron chi connectivity index (χ1n) is 7.29. The van der Waals surface area contributed by atoms with Gasteiger partial charge in [-0.3, -0.25) is 4.79 Å². The van der Waals surface area contributed by atoms with E-state index in [1.807, 2.05) is 12.1 Å². The first-order valence-corrected chi connectivity index (χ1v) is 8.09. The molecule has 0 radical (unpaired) electrons. The van der Waals surface area contributed by atoms with Crippen molar-refractivity contribution in [3.8, 4) is 0 Å². The van der Waals surface area contributed by atoms with Crippen molar-refractivity contribution in [2.75, 3.05) is 19.6 Å². The molecule has 110 valence electrons. The van der Waals surface area contributed by atoms with Crippen LogP contribution in [0.5, 0.6) is 0 Å². The average Bonchev–Trinajstić information content (AvgIpc) is 2.45. The maximum Gasteiger partial charge on any atom is 0.220 e. The second kappa shape index (κ2) is 7.23. The smallest absolute Gasteiger partial charge is 0.220 e. The van der Waals surface area contributed by atoms with E-state index in [-0.39, 0.29) is 11.3 Å². The van der Waals surface area contributed by atoms with E-state index in [9.17, 15) is 4.79 Å². The number of halogens is 1. The molecule has 2 N–H and O–H groups in total. The molecule has 1 heterocycles. The van der Waals surface area contributed by atoms with Gasteiger partial charge in [0, 0.05) is 17.4 Å². The quantitative estimate of drug-likeness (QED) is 0.866. The molecule has 1 saturated heterocycles. The number of carbonyl (C=O) groups excluding carboxylic acids is 1. The predicted octanol–water partition coefficient (Wildman–Crippen LogP) is 2.89. The molecule has 0 saturated carbocycles. The van der Waals surface area contributed by atoms with Crippen molar-refractivity contribution in [3.05, 3.63) is 34.3 Å². The maximum atomic E-state index is 11.9. The van der Waals surface area contributed by atoms with Gasteiger partial charge < -0.3 is 10.6 Å². The summed E-state index contributed by atoms with van der Waals surface area (Å²) in [6.45, 7) is 5.19. The summed E-state index contributed by atoms with van der Waals surface area (Å²) >= 11 is 3.42. The molecular formula is C16H23BrN2O. The van der Waals surface area contributed by atoms with Crippen LogP contribution in [0.1, 0.15) is 31.7 Å². The Balaban J connectivity index is 1.71. The Hall–Kier alpha value is -0.870. The second-order valence-electron chi connectivity index (χ2n) is 5.96. The van der Waals surface area contributed by atoms with Gasteiger partial charge in [0.15, 0.2) is 0 Å². The molecular weight excluding hydrogens is 316 g/mol. The standard InChI is InChI=1S/C16H23BrN2O/c1-16(8-10-18-11-9-16)12-19-15(20)7-4-13-2-5-14(17)6-3-13/h2-3,5-6,18H,4,7-12H2,1H3,(H,19,20). The minimum absolute atomic E-state index is 0.160. The van der Waals surface area contributed by atoms with Gasteiger partial charge in [-0.1, -0.05) is 35.0 Å². The highest BCUT2D eigenvalue weighted by Gasteiger charge is 2.26. The van der Waals surface area contributed by atoms with E-state index >= 15 is 0 Å². The van der Waals surface area contributed by atoms with Crippen LogP contribution in [0, 0.1) is 5.41 Å². The van der Waals surface area contributed by atoms with Crippen LogP contribution in [0.25, 0.3) is 0 Å². The van der Waals surface area contributed by atoms with Crippen LogP contribution < -0.4 is 10.6 Å². The first-order chi connectivity index (χ1) is 9.57. The highest BCUT2D eigenvalue weighted by atomic mass is 79.9. The van der Waals surface area contributed by atoms with Gasteiger partial charge in [-0.25, -0.2) is 0 Å². The molecule has 1 aromatic rings. The molecule has 1 aromatic carbocycles. The summed E-state index contributed by atoms with van der Waals surface area (Å²) in [6, 6.07) is 8.16. The van der Waals surface area contributed by atoms with Crippen molar-refractivity contribution in [2.24, 2.45) is 5.41 Å². The molecule has 0 spiro atoms. The molecule has 0 aromatic heterocycles. The lowest BCUT2D eigenvalue weighted by atomic mass is 9.81. The molecule has 0 aliphatic carbocycles. The minimum atomic E-state index is 0.160. The molecule has 20 heavy (non-hydrogen) atoms. The zero-order valence-corrected chi connectivity index (χ0v) is 13.6. The lowest BCUT2D eigenvalue weighted by Crippen LogP contribution is -2.42. The van der Waals surface area contributed by atoms with Crippen LogP contribution in [0.2, 0.25) is 0 Å². The lowest BCUT2D eigenvalue weighted by molar-refractivity contribution is -0.121. The van der Waals surface area contributed by atoms with E-state index in [0.29, 0.717) is 6.42 Å². The molecule has 4 heteroatoms. The number of piperidine rings is 1. The second-order valence-corrected chi connectivity index (χ2v) is 6.88. The van der Waals surface area contributed by atoms with Crippen molar-refractivity contribution in [2.45, 2.75) is 32.6 Å². The molecule has 0 bridgehead atoms. The summed E-state index contributed by atoms with van der Waals surface area (Å²) < 4.78 is 1.07. The third-order valence-corrected chi connectivity index (χ3v) is 4.61. The highest BCUT2D eigenvalue weighted by Crippen LogP contribution is 2.26. The fourth-order valence-electron chi connectivity index (χ4n) is 2.52. The van der Waals surface area contributed by atoms with E-state index < -0.39 is 0 Å². The van der Waals surface area contributed by atoms with Gasteiger partial charge >= 0.3 is 0 Å². The van der Waals surface area contributed by atoms with Gasteiger partial charge in [-0.2, -0.15) is 0 Å². The maximum absolute atomic E-state index is 11.9. The summed E-state index contributed by atoms with van der Waals surface area (Å²) in [5.74, 6) is 0.160. The van der Waals surface area contributed by atoms with E-state index in [1.165, 1.54) is 5.56 Å². The molecule has 1 aliphatic heterocycles. The van der Waals surface area contributed by atoms with E-state index in [1.54, 1.807) is 0 Å². The highest BCUT2D eigenvalue weighted by molar-refractivity contribution is 9.10. The lowest BCUT2D eigenvalue weighted by Gasteiger charge is -2.34. The van der Waals surface area contributed by atoms with Gasteiger partial charge in [-0.05, 0) is 55.5 Å². The Labute approximate surface area is 129 Å². The van der Waals surface area contributed by atoms with Crippen molar-refractivity contribution in [1.29, 1.82) is 0 Å². The number of hydrogen-bond acceptors (Lipinski definition) is 2. The van der Waals surface area contributed by atoms with Gasteiger partial charge in [0.2, 0.25) is 5.91 Å². The fourth-order valence-corrected chi connectivity index (χ4v) is 2.78. The zero-order valence-electron chi connectivity index (χ0n) is 12.0. The summed E-state index contributed by atoms with van der Waals surface area (Å²) in [7, 11) is 0. The number of benzene rings is 1. The van der Waals surface area contributed by atoms with Crippen LogP contribution in [-0.4, -0.2) is 25.5 Å². The number of carbonyl (C=O) groups is 1. The van der Waals surface area contributed by atoms with Gasteiger partial charge in [-0.15, -0.1) is 0 Å². The van der Waals surface area contributed by atoms with E-state index in [4.69, 9.17) is 0 Å². The molecule has 2 rings (SSSR count). The Morgan fingerprint density at radius 1 is 1.30 bits per heavy atom. The van der Waals surface area contributed by atoms with E-state index in [0.717, 1.165) is 43.4 Å². The topological polar surface area (TPSA) is 41.1 Å². The summed E-state index contributed by atoms with van der Waals surface area (Å²) in [4.78, 5) is 11.9. The van der Waals surface area contributed by atoms with Crippen molar-refractivity contribution < 1.29 is 4.79 Å². The normalized spacial score (nSPS) is 17.7. The number of hydrogen-bond donors (Lipinski definition) is 2. The van der Waals surface area contributed by atoms with Gasteiger partial charge in [0.25, 0.3) is 0 Å². The van der Waals surface area contributed by atoms with Crippen LogP contribution in [-0.2, 0) is 11.2 Å². The first kappa shape index (κ1) is 15.5. The Bertz CT molecular complexity index is 438. The fraction of sp³-hybridized carbons (Fsp3) is 0.562. The van der Waals surface area contributed by atoms with Gasteiger partial charge in [0.1, 0.15) is 0 Å². The monoisotopic (exact) mass is 338 g/mol. The average molecular weight is 339 g/mol. The Morgan fingerprint density at radius 3 is 2.60 bits per heavy atom. The predicted molar refractivity (Wildman–Crippen MR) is 85.7 cm³/mol. The van der Waals surface area contributed by atoms with Crippen LogP contribution >= 0.6 is 15.9 Å². The summed E-state index contributed by atoms with van der Waals surface area (Å²) in [5.41, 5.74) is 1.47. The SMILES string of the molecule is CC1(CNC(=O)CCc2ccc(Br)cc2)CCNCC1. The Kier molecular flexibility index (Phi) is 5.61. The zero-order chi connectivity index (χ0) is 14.4. The molecule has 1 aliphatic rings. The molecule has 3 nitrogen and oxygen atoms in total. The Morgan fingerprint density at radius 2 is 1.95 bits per heavy atom. The number of nitrogens with one attached hydrogen (secondary N) is 2. The summed E-state index contributed by atoms with van der Waals surface area (Å²) in [6.07, 6.45) is 3.65. The number of amides is 1. The van der Waals surface area contributed by atoms with Crippen molar-refractivity contribution in [3.63, 3.8) is 0 Å². The van der Waals surface area contributed by atoms with Crippen molar-refractivity contribution >= 4 is 21.8 Å². The third-order valence-electron chi connectivity index (χ3n) is 4.08. The molecule has 0 unspecified atom stereocenters. The third kappa shape index (κ3) is 4.91. The van der Waals surface area contributed by atoms with Crippen LogP contribution in [0.4, 0.5) is 0 Å². The number of aryl methyl sites for hydroxylation is 1. The molecule has 1 amide bonds. The van der Waals surface area contributed by atoms with E-state index in [2.05, 4.69) is 45.6 Å².